The molecule has 0 spiro atoms. The Morgan fingerprint density at radius 1 is 1.23 bits per heavy atom. The predicted molar refractivity (Wildman–Crippen MR) is 78.0 cm³/mol. The number of fused-ring (bicyclic) bond motifs is 1. The number of hydrogen-bond acceptors (Lipinski definition) is 4. The molecule has 1 aromatic carbocycles. The van der Waals surface area contributed by atoms with E-state index in [1.165, 1.54) is 0 Å². The van der Waals surface area contributed by atoms with Crippen LogP contribution < -0.4 is 14.8 Å². The van der Waals surface area contributed by atoms with E-state index in [4.69, 9.17) is 9.47 Å². The molecule has 1 fully saturated rings. The van der Waals surface area contributed by atoms with Gasteiger partial charge in [0, 0.05) is 5.56 Å². The van der Waals surface area contributed by atoms with E-state index in [1.807, 2.05) is 0 Å². The number of carbonyl (C=O) groups excluding carboxylic acids is 1. The number of benzene rings is 1. The van der Waals surface area contributed by atoms with Gasteiger partial charge in [0.25, 0.3) is 5.91 Å². The molecule has 118 valence electrons. The highest BCUT2D eigenvalue weighted by Crippen LogP contribution is 2.34. The van der Waals surface area contributed by atoms with Gasteiger partial charge in [-0.2, -0.15) is 0 Å². The molecule has 0 aromatic heterocycles. The molecule has 1 aliphatic heterocycles. The lowest BCUT2D eigenvalue weighted by molar-refractivity contribution is -0.146. The maximum atomic E-state index is 12.4. The van der Waals surface area contributed by atoms with E-state index in [9.17, 15) is 14.7 Å². The summed E-state index contributed by atoms with van der Waals surface area (Å²) < 4.78 is 10.5. The third kappa shape index (κ3) is 2.61. The molecule has 3 rings (SSSR count). The van der Waals surface area contributed by atoms with Gasteiger partial charge >= 0.3 is 5.97 Å². The topological polar surface area (TPSA) is 84.9 Å². The van der Waals surface area contributed by atoms with Gasteiger partial charge in [-0.3, -0.25) is 4.79 Å². The fourth-order valence-corrected chi connectivity index (χ4v) is 2.97. The zero-order chi connectivity index (χ0) is 15.7. The first kappa shape index (κ1) is 14.7. The molecule has 0 bridgehead atoms. The molecule has 1 aliphatic carbocycles. The molecule has 1 aromatic rings. The van der Waals surface area contributed by atoms with E-state index >= 15 is 0 Å². The van der Waals surface area contributed by atoms with Crippen LogP contribution in [0.1, 0.15) is 43.0 Å². The Balaban J connectivity index is 1.78. The van der Waals surface area contributed by atoms with Crippen molar-refractivity contribution in [2.45, 2.75) is 38.1 Å². The van der Waals surface area contributed by atoms with Gasteiger partial charge in [0.1, 0.15) is 5.54 Å². The Bertz CT molecular complexity index is 605. The van der Waals surface area contributed by atoms with Gasteiger partial charge in [-0.25, -0.2) is 4.79 Å². The minimum atomic E-state index is -1.17. The predicted octanol–water partition coefficient (Wildman–Crippen LogP) is 2.18. The lowest BCUT2D eigenvalue weighted by Gasteiger charge is -2.36. The molecule has 0 unspecified atom stereocenters. The molecular formula is C16H19NO5. The highest BCUT2D eigenvalue weighted by molar-refractivity contribution is 5.98. The SMILES string of the molecule is CC1CCC(NC(=O)c2ccc3c(c2)OCO3)(C(=O)O)CC1. The second-order valence-electron chi connectivity index (χ2n) is 6.09. The van der Waals surface area contributed by atoms with Crippen molar-refractivity contribution in [1.29, 1.82) is 0 Å². The van der Waals surface area contributed by atoms with E-state index in [2.05, 4.69) is 12.2 Å². The number of carboxylic acids is 1. The van der Waals surface area contributed by atoms with Crippen LogP contribution >= 0.6 is 0 Å². The van der Waals surface area contributed by atoms with Crippen LogP contribution in [0.3, 0.4) is 0 Å². The van der Waals surface area contributed by atoms with Gasteiger partial charge in [-0.15, -0.1) is 0 Å². The molecule has 0 saturated heterocycles. The average molecular weight is 305 g/mol. The Hall–Kier alpha value is -2.24. The van der Waals surface area contributed by atoms with E-state index in [0.29, 0.717) is 35.8 Å². The molecule has 6 heteroatoms. The van der Waals surface area contributed by atoms with Crippen LogP contribution in [0.5, 0.6) is 11.5 Å². The first-order valence-corrected chi connectivity index (χ1v) is 7.46. The molecule has 0 atom stereocenters. The number of hydrogen-bond donors (Lipinski definition) is 2. The summed E-state index contributed by atoms with van der Waals surface area (Å²) in [7, 11) is 0. The standard InChI is InChI=1S/C16H19NO5/c1-10-4-6-16(7-5-10,15(19)20)17-14(18)11-2-3-12-13(8-11)22-9-21-12/h2-3,8,10H,4-7,9H2,1H3,(H,17,18)(H,19,20). The minimum absolute atomic E-state index is 0.136. The lowest BCUT2D eigenvalue weighted by atomic mass is 9.77. The van der Waals surface area contributed by atoms with Crippen molar-refractivity contribution in [3.05, 3.63) is 23.8 Å². The third-order valence-electron chi connectivity index (χ3n) is 4.52. The number of aliphatic carboxylic acids is 1. The maximum Gasteiger partial charge on any atom is 0.329 e. The van der Waals surface area contributed by atoms with Crippen molar-refractivity contribution < 1.29 is 24.2 Å². The summed E-state index contributed by atoms with van der Waals surface area (Å²) in [6.45, 7) is 2.24. The fourth-order valence-electron chi connectivity index (χ4n) is 2.97. The van der Waals surface area contributed by atoms with Crippen LogP contribution in [0.15, 0.2) is 18.2 Å². The summed E-state index contributed by atoms with van der Waals surface area (Å²) in [6.07, 6.45) is 2.51. The van der Waals surface area contributed by atoms with E-state index < -0.39 is 17.4 Å². The van der Waals surface area contributed by atoms with Crippen molar-refractivity contribution in [3.63, 3.8) is 0 Å². The highest BCUT2D eigenvalue weighted by Gasteiger charge is 2.42. The minimum Gasteiger partial charge on any atom is -0.480 e. The van der Waals surface area contributed by atoms with E-state index in [-0.39, 0.29) is 6.79 Å². The molecule has 22 heavy (non-hydrogen) atoms. The van der Waals surface area contributed by atoms with E-state index in [1.54, 1.807) is 18.2 Å². The maximum absolute atomic E-state index is 12.4. The Labute approximate surface area is 128 Å². The largest absolute Gasteiger partial charge is 0.480 e. The number of ether oxygens (including phenoxy) is 2. The average Bonchev–Trinajstić information content (AvgIpc) is 2.97. The van der Waals surface area contributed by atoms with Gasteiger partial charge in [-0.1, -0.05) is 6.92 Å². The van der Waals surface area contributed by atoms with Gasteiger partial charge in [0.15, 0.2) is 11.5 Å². The summed E-state index contributed by atoms with van der Waals surface area (Å²) in [5.41, 5.74) is -0.788. The number of rotatable bonds is 3. The molecule has 1 saturated carbocycles. The summed E-state index contributed by atoms with van der Waals surface area (Å²) in [5.74, 6) is 0.240. The molecule has 2 N–H and O–H groups in total. The van der Waals surface area contributed by atoms with Crippen LogP contribution in [-0.2, 0) is 4.79 Å². The van der Waals surface area contributed by atoms with Gasteiger partial charge < -0.3 is 19.9 Å². The summed E-state index contributed by atoms with van der Waals surface area (Å²) >= 11 is 0. The Kier molecular flexibility index (Phi) is 3.68. The Morgan fingerprint density at radius 2 is 1.91 bits per heavy atom. The van der Waals surface area contributed by atoms with Crippen LogP contribution in [-0.4, -0.2) is 29.3 Å². The monoisotopic (exact) mass is 305 g/mol. The molecule has 1 amide bonds. The molecule has 2 aliphatic rings. The van der Waals surface area contributed by atoms with Crippen molar-refractivity contribution in [1.82, 2.24) is 5.32 Å². The fraction of sp³-hybridized carbons (Fsp3) is 0.500. The molecule has 1 heterocycles. The van der Waals surface area contributed by atoms with Gasteiger partial charge in [-0.05, 0) is 49.8 Å². The number of carbonyl (C=O) groups is 2. The van der Waals surface area contributed by atoms with Crippen LogP contribution in [0.4, 0.5) is 0 Å². The van der Waals surface area contributed by atoms with Crippen LogP contribution in [0.2, 0.25) is 0 Å². The zero-order valence-electron chi connectivity index (χ0n) is 12.4. The Morgan fingerprint density at radius 3 is 2.59 bits per heavy atom. The zero-order valence-corrected chi connectivity index (χ0v) is 12.4. The van der Waals surface area contributed by atoms with Crippen molar-refractivity contribution >= 4 is 11.9 Å². The second kappa shape index (κ2) is 5.51. The van der Waals surface area contributed by atoms with Crippen LogP contribution in [0, 0.1) is 5.92 Å². The van der Waals surface area contributed by atoms with Crippen molar-refractivity contribution in [2.24, 2.45) is 5.92 Å². The number of carboxylic acid groups (broad SMARTS) is 1. The summed E-state index contributed by atoms with van der Waals surface area (Å²) in [4.78, 5) is 24.1. The van der Waals surface area contributed by atoms with E-state index in [0.717, 1.165) is 12.8 Å². The van der Waals surface area contributed by atoms with Crippen molar-refractivity contribution in [3.8, 4) is 11.5 Å². The lowest BCUT2D eigenvalue weighted by Crippen LogP contribution is -2.56. The highest BCUT2D eigenvalue weighted by atomic mass is 16.7. The quantitative estimate of drug-likeness (QED) is 0.894. The van der Waals surface area contributed by atoms with Gasteiger partial charge in [0.05, 0.1) is 0 Å². The first-order valence-electron chi connectivity index (χ1n) is 7.46. The molecular weight excluding hydrogens is 286 g/mol. The first-order chi connectivity index (χ1) is 10.5. The molecule has 6 nitrogen and oxygen atoms in total. The second-order valence-corrected chi connectivity index (χ2v) is 6.09. The smallest absolute Gasteiger partial charge is 0.329 e. The van der Waals surface area contributed by atoms with Gasteiger partial charge in [0.2, 0.25) is 6.79 Å². The normalized spacial score (nSPS) is 26.5. The number of nitrogens with one attached hydrogen (secondary N) is 1. The van der Waals surface area contributed by atoms with Crippen LogP contribution in [0.25, 0.3) is 0 Å². The summed E-state index contributed by atoms with van der Waals surface area (Å²) in [5, 5.41) is 12.3. The molecule has 0 radical (unpaired) electrons. The third-order valence-corrected chi connectivity index (χ3v) is 4.52. The summed E-state index contributed by atoms with van der Waals surface area (Å²) in [6, 6.07) is 4.86. The van der Waals surface area contributed by atoms with Crippen molar-refractivity contribution in [2.75, 3.05) is 6.79 Å². The number of amides is 1.